The van der Waals surface area contributed by atoms with Crippen molar-refractivity contribution in [2.45, 2.75) is 38.0 Å². The fourth-order valence-corrected chi connectivity index (χ4v) is 4.08. The number of piperidine rings is 1. The van der Waals surface area contributed by atoms with Crippen LogP contribution in [0.3, 0.4) is 0 Å². The van der Waals surface area contributed by atoms with E-state index >= 15 is 0 Å². The van der Waals surface area contributed by atoms with Gasteiger partial charge in [0.2, 0.25) is 5.91 Å². The molecule has 0 bridgehead atoms. The molecular weight excluding hydrogens is 254 g/mol. The number of hydrogen-bond acceptors (Lipinski definition) is 2. The number of hydrogen-bond donors (Lipinski definition) is 0. The van der Waals surface area contributed by atoms with E-state index in [-0.39, 0.29) is 5.92 Å². The van der Waals surface area contributed by atoms with E-state index in [1.54, 1.807) is 0 Å². The number of likely N-dealkylation sites (tertiary alicyclic amines) is 1. The molecule has 0 spiro atoms. The molecule has 1 aromatic rings. The third-order valence-corrected chi connectivity index (χ3v) is 5.41. The van der Waals surface area contributed by atoms with Crippen LogP contribution in [0.15, 0.2) is 29.7 Å². The summed E-state index contributed by atoms with van der Waals surface area (Å²) in [6.07, 6.45) is 9.70. The maximum atomic E-state index is 12.4. The van der Waals surface area contributed by atoms with Gasteiger partial charge in [0.25, 0.3) is 0 Å². The first-order valence-corrected chi connectivity index (χ1v) is 8.20. The van der Waals surface area contributed by atoms with E-state index in [1.165, 1.54) is 4.88 Å². The van der Waals surface area contributed by atoms with Crippen molar-refractivity contribution < 1.29 is 4.79 Å². The second-order valence-electron chi connectivity index (χ2n) is 5.60. The van der Waals surface area contributed by atoms with E-state index in [9.17, 15) is 4.79 Å². The third-order valence-electron chi connectivity index (χ3n) is 4.37. The van der Waals surface area contributed by atoms with E-state index in [0.717, 1.165) is 45.2 Å². The molecule has 1 saturated heterocycles. The van der Waals surface area contributed by atoms with Gasteiger partial charge >= 0.3 is 0 Å². The van der Waals surface area contributed by atoms with E-state index in [0.29, 0.717) is 11.8 Å². The van der Waals surface area contributed by atoms with Crippen molar-refractivity contribution in [3.05, 3.63) is 34.5 Å². The van der Waals surface area contributed by atoms with Gasteiger partial charge in [-0.05, 0) is 49.5 Å². The van der Waals surface area contributed by atoms with Crippen molar-refractivity contribution in [2.75, 3.05) is 13.1 Å². The molecule has 1 aliphatic carbocycles. The molecule has 2 heterocycles. The highest BCUT2D eigenvalue weighted by atomic mass is 32.1. The predicted octanol–water partition coefficient (Wildman–Crippen LogP) is 3.81. The molecule has 1 aliphatic heterocycles. The summed E-state index contributed by atoms with van der Waals surface area (Å²) in [4.78, 5) is 16.0. The molecule has 0 aromatic carbocycles. The zero-order valence-corrected chi connectivity index (χ0v) is 12.1. The maximum Gasteiger partial charge on any atom is 0.226 e. The van der Waals surface area contributed by atoms with Crippen LogP contribution in [0.1, 0.15) is 42.9 Å². The SMILES string of the molecule is O=C([C@@H]1CC=CCC1)N1CCC(c2cccs2)CC1. The molecule has 3 heteroatoms. The number of rotatable bonds is 2. The van der Waals surface area contributed by atoms with Crippen LogP contribution in [-0.2, 0) is 4.79 Å². The average molecular weight is 275 g/mol. The Morgan fingerprint density at radius 1 is 1.21 bits per heavy atom. The zero-order valence-electron chi connectivity index (χ0n) is 11.3. The van der Waals surface area contributed by atoms with E-state index in [2.05, 4.69) is 34.6 Å². The Balaban J connectivity index is 1.55. The highest BCUT2D eigenvalue weighted by Crippen LogP contribution is 2.32. The van der Waals surface area contributed by atoms with E-state index in [1.807, 2.05) is 11.3 Å². The minimum Gasteiger partial charge on any atom is -0.342 e. The summed E-state index contributed by atoms with van der Waals surface area (Å²) in [5.41, 5.74) is 0. The number of amides is 1. The van der Waals surface area contributed by atoms with Crippen molar-refractivity contribution >= 4 is 17.2 Å². The van der Waals surface area contributed by atoms with Crippen LogP contribution in [0.2, 0.25) is 0 Å². The number of carbonyl (C=O) groups is 1. The lowest BCUT2D eigenvalue weighted by Crippen LogP contribution is -2.41. The second-order valence-corrected chi connectivity index (χ2v) is 6.58. The molecule has 1 amide bonds. The van der Waals surface area contributed by atoms with Crippen LogP contribution in [0.5, 0.6) is 0 Å². The lowest BCUT2D eigenvalue weighted by atomic mass is 9.90. The summed E-state index contributed by atoms with van der Waals surface area (Å²) < 4.78 is 0. The lowest BCUT2D eigenvalue weighted by Gasteiger charge is -2.34. The molecule has 19 heavy (non-hydrogen) atoms. The topological polar surface area (TPSA) is 20.3 Å². The Kier molecular flexibility index (Phi) is 4.02. The summed E-state index contributed by atoms with van der Waals surface area (Å²) in [5.74, 6) is 1.33. The quantitative estimate of drug-likeness (QED) is 0.752. The minimum atomic E-state index is 0.253. The molecule has 0 radical (unpaired) electrons. The van der Waals surface area contributed by atoms with Gasteiger partial charge < -0.3 is 4.90 Å². The Labute approximate surface area is 119 Å². The fraction of sp³-hybridized carbons (Fsp3) is 0.562. The van der Waals surface area contributed by atoms with Crippen LogP contribution in [0.25, 0.3) is 0 Å². The van der Waals surface area contributed by atoms with Crippen molar-refractivity contribution in [1.82, 2.24) is 4.90 Å². The van der Waals surface area contributed by atoms with Crippen LogP contribution in [0.4, 0.5) is 0 Å². The van der Waals surface area contributed by atoms with Gasteiger partial charge in [0.15, 0.2) is 0 Å². The third kappa shape index (κ3) is 2.92. The molecule has 0 unspecified atom stereocenters. The second kappa shape index (κ2) is 5.91. The minimum absolute atomic E-state index is 0.253. The van der Waals surface area contributed by atoms with Crippen LogP contribution < -0.4 is 0 Å². The first kappa shape index (κ1) is 12.9. The van der Waals surface area contributed by atoms with E-state index < -0.39 is 0 Å². The molecule has 3 rings (SSSR count). The van der Waals surface area contributed by atoms with Gasteiger partial charge in [-0.3, -0.25) is 4.79 Å². The predicted molar refractivity (Wildman–Crippen MR) is 79.4 cm³/mol. The Morgan fingerprint density at radius 3 is 2.68 bits per heavy atom. The summed E-state index contributed by atoms with van der Waals surface area (Å²) in [5, 5.41) is 2.15. The fourth-order valence-electron chi connectivity index (χ4n) is 3.18. The molecule has 2 nitrogen and oxygen atoms in total. The van der Waals surface area contributed by atoms with Crippen molar-refractivity contribution in [1.29, 1.82) is 0 Å². The molecular formula is C16H21NOS. The van der Waals surface area contributed by atoms with Gasteiger partial charge in [0, 0.05) is 23.9 Å². The zero-order chi connectivity index (χ0) is 13.1. The van der Waals surface area contributed by atoms with Gasteiger partial charge in [0.05, 0.1) is 0 Å². The Bertz CT molecular complexity index is 443. The normalized spacial score (nSPS) is 24.6. The van der Waals surface area contributed by atoms with Crippen molar-refractivity contribution in [2.24, 2.45) is 5.92 Å². The Hall–Kier alpha value is -1.09. The summed E-state index contributed by atoms with van der Waals surface area (Å²) in [6.45, 7) is 1.89. The first-order valence-electron chi connectivity index (χ1n) is 7.32. The number of thiophene rings is 1. The smallest absolute Gasteiger partial charge is 0.226 e. The van der Waals surface area contributed by atoms with Gasteiger partial charge in [-0.1, -0.05) is 18.2 Å². The van der Waals surface area contributed by atoms with Gasteiger partial charge in [-0.2, -0.15) is 0 Å². The summed E-state index contributed by atoms with van der Waals surface area (Å²) in [6, 6.07) is 4.37. The molecule has 2 aliphatic rings. The maximum absolute atomic E-state index is 12.4. The van der Waals surface area contributed by atoms with Crippen LogP contribution >= 0.6 is 11.3 Å². The lowest BCUT2D eigenvalue weighted by molar-refractivity contribution is -0.136. The molecule has 102 valence electrons. The summed E-state index contributed by atoms with van der Waals surface area (Å²) in [7, 11) is 0. The molecule has 0 N–H and O–H groups in total. The molecule has 1 aromatic heterocycles. The van der Waals surface area contributed by atoms with Crippen LogP contribution in [0, 0.1) is 5.92 Å². The van der Waals surface area contributed by atoms with Crippen LogP contribution in [-0.4, -0.2) is 23.9 Å². The average Bonchev–Trinajstić information content (AvgIpc) is 3.02. The van der Waals surface area contributed by atoms with Gasteiger partial charge in [0.1, 0.15) is 0 Å². The van der Waals surface area contributed by atoms with Gasteiger partial charge in [-0.25, -0.2) is 0 Å². The highest BCUT2D eigenvalue weighted by molar-refractivity contribution is 7.10. The monoisotopic (exact) mass is 275 g/mol. The van der Waals surface area contributed by atoms with E-state index in [4.69, 9.17) is 0 Å². The Morgan fingerprint density at radius 2 is 2.05 bits per heavy atom. The largest absolute Gasteiger partial charge is 0.342 e. The van der Waals surface area contributed by atoms with Gasteiger partial charge in [-0.15, -0.1) is 11.3 Å². The summed E-state index contributed by atoms with van der Waals surface area (Å²) >= 11 is 1.85. The molecule has 1 fully saturated rings. The van der Waals surface area contributed by atoms with Crippen molar-refractivity contribution in [3.63, 3.8) is 0 Å². The number of nitrogens with zero attached hydrogens (tertiary/aromatic N) is 1. The standard InChI is InChI=1S/C16H21NOS/c18-16(14-5-2-1-3-6-14)17-10-8-13(9-11-17)15-7-4-12-19-15/h1-2,4,7,12-14H,3,5-6,8-11H2/t14-/m1/s1. The molecule has 0 saturated carbocycles. The first-order chi connectivity index (χ1) is 9.34. The number of allylic oxidation sites excluding steroid dienone is 2. The molecule has 1 atom stereocenters. The highest BCUT2D eigenvalue weighted by Gasteiger charge is 2.28. The van der Waals surface area contributed by atoms with Crippen molar-refractivity contribution in [3.8, 4) is 0 Å². The number of carbonyl (C=O) groups excluding carboxylic acids is 1.